The summed E-state index contributed by atoms with van der Waals surface area (Å²) in [5.41, 5.74) is -0.746. The van der Waals surface area contributed by atoms with E-state index in [4.69, 9.17) is 0 Å². The molecule has 3 atom stereocenters. The zero-order chi connectivity index (χ0) is 19.8. The minimum Gasteiger partial charge on any atom is -0.336 e. The molecule has 2 aliphatic heterocycles. The highest BCUT2D eigenvalue weighted by molar-refractivity contribution is 6.09. The van der Waals surface area contributed by atoms with Crippen molar-refractivity contribution in [3.63, 3.8) is 0 Å². The Balaban J connectivity index is 1.83. The summed E-state index contributed by atoms with van der Waals surface area (Å²) < 4.78 is 13.3. The molecule has 2 saturated heterocycles. The van der Waals surface area contributed by atoms with E-state index in [9.17, 15) is 18.8 Å². The molecule has 0 radical (unpaired) electrons. The van der Waals surface area contributed by atoms with Gasteiger partial charge in [0, 0.05) is 12.1 Å². The second-order valence-corrected chi connectivity index (χ2v) is 7.52. The SMILES string of the molecule is CC[C@]1(c2ccc(F)cc2)NC(=O)N(CC(=O)N2[C@H](C)CCC[C@@H]2C)C1=O. The molecule has 2 aliphatic rings. The Morgan fingerprint density at radius 1 is 1.19 bits per heavy atom. The minimum absolute atomic E-state index is 0.0926. The van der Waals surface area contributed by atoms with Crippen molar-refractivity contribution in [2.24, 2.45) is 0 Å². The van der Waals surface area contributed by atoms with Gasteiger partial charge in [-0.2, -0.15) is 0 Å². The summed E-state index contributed by atoms with van der Waals surface area (Å²) in [5.74, 6) is -1.10. The number of likely N-dealkylation sites (tertiary alicyclic amines) is 1. The summed E-state index contributed by atoms with van der Waals surface area (Å²) in [7, 11) is 0. The van der Waals surface area contributed by atoms with Crippen LogP contribution in [0, 0.1) is 5.82 Å². The standard InChI is InChI=1S/C20H26FN3O3/c1-4-20(15-8-10-16(21)11-9-15)18(26)23(19(27)22-20)12-17(25)24-13(2)6-5-7-14(24)3/h8-11,13-14H,4-7,12H2,1-3H3,(H,22,27)/t13-,14+,20-/m1/s1. The number of carbonyl (C=O) groups excluding carboxylic acids is 3. The predicted molar refractivity (Wildman–Crippen MR) is 98.2 cm³/mol. The number of piperidine rings is 1. The molecule has 6 nitrogen and oxygen atoms in total. The number of carbonyl (C=O) groups is 3. The minimum atomic E-state index is -1.26. The number of urea groups is 1. The summed E-state index contributed by atoms with van der Waals surface area (Å²) in [6.07, 6.45) is 3.22. The predicted octanol–water partition coefficient (Wildman–Crippen LogP) is 2.77. The van der Waals surface area contributed by atoms with Crippen LogP contribution in [0.15, 0.2) is 24.3 Å². The van der Waals surface area contributed by atoms with E-state index in [1.54, 1.807) is 11.8 Å². The molecule has 0 spiro atoms. The van der Waals surface area contributed by atoms with E-state index in [-0.39, 0.29) is 24.5 Å². The third kappa shape index (κ3) is 3.31. The van der Waals surface area contributed by atoms with Gasteiger partial charge in [0.15, 0.2) is 0 Å². The summed E-state index contributed by atoms with van der Waals surface area (Å²) in [5, 5.41) is 2.73. The van der Waals surface area contributed by atoms with Crippen LogP contribution < -0.4 is 5.32 Å². The van der Waals surface area contributed by atoms with Crippen LogP contribution in [0.5, 0.6) is 0 Å². The number of nitrogens with one attached hydrogen (secondary N) is 1. The molecule has 1 aromatic rings. The molecule has 146 valence electrons. The largest absolute Gasteiger partial charge is 0.336 e. The molecule has 27 heavy (non-hydrogen) atoms. The van der Waals surface area contributed by atoms with Crippen molar-refractivity contribution >= 4 is 17.8 Å². The number of benzene rings is 1. The first-order valence-electron chi connectivity index (χ1n) is 9.51. The first kappa shape index (κ1) is 19.3. The maximum absolute atomic E-state index is 13.3. The lowest BCUT2D eigenvalue weighted by Crippen LogP contribution is -2.52. The monoisotopic (exact) mass is 375 g/mol. The summed E-state index contributed by atoms with van der Waals surface area (Å²) in [6, 6.07) is 5.12. The molecule has 0 saturated carbocycles. The number of hydrogen-bond donors (Lipinski definition) is 1. The van der Waals surface area contributed by atoms with Crippen molar-refractivity contribution in [2.75, 3.05) is 6.54 Å². The third-order valence-corrected chi connectivity index (χ3v) is 5.82. The maximum atomic E-state index is 13.3. The lowest BCUT2D eigenvalue weighted by atomic mass is 9.87. The Morgan fingerprint density at radius 2 is 1.78 bits per heavy atom. The van der Waals surface area contributed by atoms with E-state index in [0.29, 0.717) is 12.0 Å². The number of rotatable bonds is 4. The zero-order valence-electron chi connectivity index (χ0n) is 16.0. The molecule has 0 unspecified atom stereocenters. The quantitative estimate of drug-likeness (QED) is 0.823. The van der Waals surface area contributed by atoms with Gasteiger partial charge in [-0.1, -0.05) is 19.1 Å². The van der Waals surface area contributed by atoms with E-state index < -0.39 is 23.3 Å². The Hall–Kier alpha value is -2.44. The molecule has 3 rings (SSSR count). The topological polar surface area (TPSA) is 69.7 Å². The van der Waals surface area contributed by atoms with Gasteiger partial charge in [0.2, 0.25) is 5.91 Å². The smallest absolute Gasteiger partial charge is 0.325 e. The fourth-order valence-corrected chi connectivity index (χ4v) is 4.27. The normalized spacial score (nSPS) is 28.4. The Morgan fingerprint density at radius 3 is 2.33 bits per heavy atom. The van der Waals surface area contributed by atoms with Crippen LogP contribution in [0.1, 0.15) is 52.0 Å². The van der Waals surface area contributed by atoms with E-state index in [2.05, 4.69) is 5.32 Å². The lowest BCUT2D eigenvalue weighted by Gasteiger charge is -2.39. The van der Waals surface area contributed by atoms with E-state index in [1.807, 2.05) is 13.8 Å². The third-order valence-electron chi connectivity index (χ3n) is 5.82. The van der Waals surface area contributed by atoms with Crippen molar-refractivity contribution in [3.8, 4) is 0 Å². The highest BCUT2D eigenvalue weighted by atomic mass is 19.1. The number of hydrogen-bond acceptors (Lipinski definition) is 3. The van der Waals surface area contributed by atoms with E-state index >= 15 is 0 Å². The second kappa shape index (κ2) is 7.29. The van der Waals surface area contributed by atoms with Gasteiger partial charge >= 0.3 is 6.03 Å². The number of halogens is 1. The molecule has 1 N–H and O–H groups in total. The van der Waals surface area contributed by atoms with Gasteiger partial charge in [0.05, 0.1) is 0 Å². The van der Waals surface area contributed by atoms with Gasteiger partial charge in [-0.05, 0) is 57.2 Å². The number of nitrogens with zero attached hydrogens (tertiary/aromatic N) is 2. The van der Waals surface area contributed by atoms with E-state index in [1.165, 1.54) is 24.3 Å². The Labute approximate surface area is 158 Å². The van der Waals surface area contributed by atoms with Gasteiger partial charge in [-0.3, -0.25) is 14.5 Å². The zero-order valence-corrected chi connectivity index (χ0v) is 16.0. The van der Waals surface area contributed by atoms with Crippen LogP contribution in [0.4, 0.5) is 9.18 Å². The van der Waals surface area contributed by atoms with Gasteiger partial charge in [0.1, 0.15) is 17.9 Å². The lowest BCUT2D eigenvalue weighted by molar-refractivity contribution is -0.143. The molecule has 2 fully saturated rings. The van der Waals surface area contributed by atoms with Gasteiger partial charge < -0.3 is 10.2 Å². The number of amides is 4. The van der Waals surface area contributed by atoms with Crippen molar-refractivity contribution in [1.82, 2.24) is 15.1 Å². The van der Waals surface area contributed by atoms with Crippen molar-refractivity contribution in [2.45, 2.75) is 64.1 Å². The molecule has 2 heterocycles. The molecule has 0 aromatic heterocycles. The first-order valence-corrected chi connectivity index (χ1v) is 9.51. The molecule has 0 aliphatic carbocycles. The molecule has 7 heteroatoms. The maximum Gasteiger partial charge on any atom is 0.325 e. The average Bonchev–Trinajstić information content (AvgIpc) is 2.87. The summed E-state index contributed by atoms with van der Waals surface area (Å²) in [6.45, 7) is 5.49. The van der Waals surface area contributed by atoms with Crippen molar-refractivity contribution < 1.29 is 18.8 Å². The van der Waals surface area contributed by atoms with Crippen LogP contribution >= 0.6 is 0 Å². The molecular formula is C20H26FN3O3. The fraction of sp³-hybridized carbons (Fsp3) is 0.550. The van der Waals surface area contributed by atoms with Crippen molar-refractivity contribution in [1.29, 1.82) is 0 Å². The Bertz CT molecular complexity index is 741. The average molecular weight is 375 g/mol. The van der Waals surface area contributed by atoms with Crippen LogP contribution in [0.25, 0.3) is 0 Å². The van der Waals surface area contributed by atoms with Crippen molar-refractivity contribution in [3.05, 3.63) is 35.6 Å². The fourth-order valence-electron chi connectivity index (χ4n) is 4.27. The number of imide groups is 1. The van der Waals surface area contributed by atoms with E-state index in [0.717, 1.165) is 24.2 Å². The highest BCUT2D eigenvalue weighted by Crippen LogP contribution is 2.33. The van der Waals surface area contributed by atoms with Crippen LogP contribution in [0.3, 0.4) is 0 Å². The Kier molecular flexibility index (Phi) is 5.22. The first-order chi connectivity index (χ1) is 12.8. The molecular weight excluding hydrogens is 349 g/mol. The van der Waals surface area contributed by atoms with Gasteiger partial charge in [-0.15, -0.1) is 0 Å². The molecule has 0 bridgehead atoms. The highest BCUT2D eigenvalue weighted by Gasteiger charge is 2.52. The van der Waals surface area contributed by atoms with Gasteiger partial charge in [0.25, 0.3) is 5.91 Å². The molecule has 1 aromatic carbocycles. The molecule has 4 amide bonds. The van der Waals surface area contributed by atoms with Crippen LogP contribution in [-0.4, -0.2) is 46.3 Å². The summed E-state index contributed by atoms with van der Waals surface area (Å²) in [4.78, 5) is 41.3. The second-order valence-electron chi connectivity index (χ2n) is 7.52. The van der Waals surface area contributed by atoms with Gasteiger partial charge in [-0.25, -0.2) is 9.18 Å². The summed E-state index contributed by atoms with van der Waals surface area (Å²) >= 11 is 0. The van der Waals surface area contributed by atoms with Crippen LogP contribution in [0.2, 0.25) is 0 Å². The van der Waals surface area contributed by atoms with Crippen LogP contribution in [-0.2, 0) is 15.1 Å².